The number of anilines is 1. The van der Waals surface area contributed by atoms with Crippen molar-refractivity contribution < 1.29 is 4.42 Å². The first-order chi connectivity index (χ1) is 14.8. The molecule has 3 aromatic heterocycles. The Kier molecular flexibility index (Phi) is 4.61. The summed E-state index contributed by atoms with van der Waals surface area (Å²) >= 11 is 0. The van der Waals surface area contributed by atoms with Crippen molar-refractivity contribution in [3.05, 3.63) is 84.2 Å². The highest BCUT2D eigenvalue weighted by Gasteiger charge is 2.16. The summed E-state index contributed by atoms with van der Waals surface area (Å²) in [5, 5.41) is 12.6. The van der Waals surface area contributed by atoms with Gasteiger partial charge in [-0.25, -0.2) is 9.97 Å². The lowest BCUT2D eigenvalue weighted by Gasteiger charge is -2.09. The van der Waals surface area contributed by atoms with Gasteiger partial charge in [0.25, 0.3) is 5.89 Å². The number of benzene rings is 2. The van der Waals surface area contributed by atoms with Crippen molar-refractivity contribution in [3.8, 4) is 23.2 Å². The van der Waals surface area contributed by atoms with E-state index < -0.39 is 0 Å². The van der Waals surface area contributed by atoms with Gasteiger partial charge in [-0.05, 0) is 43.3 Å². The number of rotatable bonds is 5. The van der Waals surface area contributed by atoms with Crippen molar-refractivity contribution in [2.45, 2.75) is 13.5 Å². The fourth-order valence-electron chi connectivity index (χ4n) is 3.11. The van der Waals surface area contributed by atoms with E-state index in [1.807, 2.05) is 73.7 Å². The topological polar surface area (TPSA) is 89.6 Å². The minimum absolute atomic E-state index is 0.275. The number of hydrogen-bond acceptors (Lipinski definition) is 7. The van der Waals surface area contributed by atoms with Crippen LogP contribution in [0.4, 0.5) is 5.82 Å². The first-order valence-electron chi connectivity index (χ1n) is 9.58. The highest BCUT2D eigenvalue weighted by Crippen LogP contribution is 2.27. The second-order valence-electron chi connectivity index (χ2n) is 6.87. The smallest absolute Gasteiger partial charge is 0.286 e. The molecule has 1 N–H and O–H groups in total. The highest BCUT2D eigenvalue weighted by atomic mass is 16.4. The molecular weight excluding hydrogens is 376 g/mol. The van der Waals surface area contributed by atoms with Gasteiger partial charge in [0.1, 0.15) is 5.82 Å². The molecule has 0 aliphatic rings. The summed E-state index contributed by atoms with van der Waals surface area (Å²) in [7, 11) is 0. The average molecular weight is 394 g/mol. The maximum absolute atomic E-state index is 5.87. The van der Waals surface area contributed by atoms with Gasteiger partial charge in [0, 0.05) is 17.1 Å². The monoisotopic (exact) mass is 394 g/mol. The standard InChI is InChI=1S/C23H18N6O/c1-15-9-11-16(12-10-15)22-28-29-23(30-22)21-26-19-8-3-2-7-18(19)20(27-21)25-14-17-6-4-5-13-24-17/h2-13H,14H2,1H3,(H,25,26,27). The van der Waals surface area contributed by atoms with Crippen molar-refractivity contribution in [2.24, 2.45) is 0 Å². The number of nitrogens with zero attached hydrogens (tertiary/aromatic N) is 5. The van der Waals surface area contributed by atoms with Crippen LogP contribution in [0.15, 0.2) is 77.3 Å². The third-order valence-corrected chi connectivity index (χ3v) is 4.68. The second kappa shape index (κ2) is 7.71. The van der Waals surface area contributed by atoms with Crippen LogP contribution in [0.5, 0.6) is 0 Å². The molecule has 0 aliphatic heterocycles. The molecule has 146 valence electrons. The summed E-state index contributed by atoms with van der Waals surface area (Å²) in [6, 6.07) is 21.5. The maximum atomic E-state index is 5.87. The lowest BCUT2D eigenvalue weighted by molar-refractivity contribution is 0.579. The summed E-state index contributed by atoms with van der Waals surface area (Å²) in [6.07, 6.45) is 1.77. The zero-order chi connectivity index (χ0) is 20.3. The van der Waals surface area contributed by atoms with Crippen LogP contribution in [0.3, 0.4) is 0 Å². The molecule has 2 aromatic carbocycles. The van der Waals surface area contributed by atoms with Gasteiger partial charge in [-0.3, -0.25) is 4.98 Å². The molecular formula is C23H18N6O. The molecule has 0 radical (unpaired) electrons. The number of para-hydroxylation sites is 1. The quantitative estimate of drug-likeness (QED) is 0.463. The predicted octanol–water partition coefficient (Wildman–Crippen LogP) is 4.66. The Balaban J connectivity index is 1.51. The van der Waals surface area contributed by atoms with E-state index in [9.17, 15) is 0 Å². The molecule has 0 aliphatic carbocycles. The van der Waals surface area contributed by atoms with Crippen molar-refractivity contribution in [1.82, 2.24) is 25.1 Å². The minimum Gasteiger partial charge on any atom is -0.413 e. The molecule has 0 spiro atoms. The Bertz CT molecular complexity index is 1300. The molecule has 30 heavy (non-hydrogen) atoms. The lowest BCUT2D eigenvalue weighted by Crippen LogP contribution is -2.05. The van der Waals surface area contributed by atoms with Gasteiger partial charge in [0.05, 0.1) is 17.8 Å². The van der Waals surface area contributed by atoms with E-state index in [0.29, 0.717) is 24.1 Å². The maximum Gasteiger partial charge on any atom is 0.286 e. The fraction of sp³-hybridized carbons (Fsp3) is 0.0870. The Morgan fingerprint density at radius 3 is 2.47 bits per heavy atom. The van der Waals surface area contributed by atoms with Crippen LogP contribution < -0.4 is 5.32 Å². The van der Waals surface area contributed by atoms with Gasteiger partial charge in [0.15, 0.2) is 0 Å². The molecule has 0 fully saturated rings. The number of aryl methyl sites for hydroxylation is 1. The van der Waals surface area contributed by atoms with Crippen LogP contribution in [-0.4, -0.2) is 25.1 Å². The predicted molar refractivity (Wildman–Crippen MR) is 115 cm³/mol. The SMILES string of the molecule is Cc1ccc(-c2nnc(-c3nc(NCc4ccccn4)c4ccccc4n3)o2)cc1. The minimum atomic E-state index is 0.275. The number of hydrogen-bond donors (Lipinski definition) is 1. The average Bonchev–Trinajstić information content (AvgIpc) is 3.29. The Labute approximate surface area is 172 Å². The molecule has 0 saturated heterocycles. The van der Waals surface area contributed by atoms with Gasteiger partial charge in [-0.2, -0.15) is 0 Å². The number of nitrogens with one attached hydrogen (secondary N) is 1. The molecule has 7 nitrogen and oxygen atoms in total. The van der Waals surface area contributed by atoms with Crippen molar-refractivity contribution >= 4 is 16.7 Å². The van der Waals surface area contributed by atoms with Gasteiger partial charge in [-0.1, -0.05) is 35.9 Å². The number of aromatic nitrogens is 5. The van der Waals surface area contributed by atoms with Crippen molar-refractivity contribution in [1.29, 1.82) is 0 Å². The molecule has 0 atom stereocenters. The van der Waals surface area contributed by atoms with E-state index in [0.717, 1.165) is 22.2 Å². The largest absolute Gasteiger partial charge is 0.413 e. The van der Waals surface area contributed by atoms with E-state index in [-0.39, 0.29) is 5.89 Å². The van der Waals surface area contributed by atoms with Crippen LogP contribution >= 0.6 is 0 Å². The van der Waals surface area contributed by atoms with Crippen LogP contribution in [0.1, 0.15) is 11.3 Å². The summed E-state index contributed by atoms with van der Waals surface area (Å²) in [5.74, 6) is 1.78. The summed E-state index contributed by atoms with van der Waals surface area (Å²) in [5.41, 5.74) is 3.73. The molecule has 0 amide bonds. The van der Waals surface area contributed by atoms with Crippen molar-refractivity contribution in [2.75, 3.05) is 5.32 Å². The summed E-state index contributed by atoms with van der Waals surface area (Å²) < 4.78 is 5.87. The Morgan fingerprint density at radius 2 is 1.63 bits per heavy atom. The summed E-state index contributed by atoms with van der Waals surface area (Å²) in [4.78, 5) is 13.6. The molecule has 0 saturated carbocycles. The Morgan fingerprint density at radius 1 is 0.833 bits per heavy atom. The zero-order valence-corrected chi connectivity index (χ0v) is 16.3. The third-order valence-electron chi connectivity index (χ3n) is 4.68. The van der Waals surface area contributed by atoms with E-state index in [1.54, 1.807) is 6.20 Å². The van der Waals surface area contributed by atoms with Crippen molar-refractivity contribution in [3.63, 3.8) is 0 Å². The van der Waals surface area contributed by atoms with E-state index >= 15 is 0 Å². The molecule has 3 heterocycles. The van der Waals surface area contributed by atoms with E-state index in [1.165, 1.54) is 5.56 Å². The molecule has 5 aromatic rings. The van der Waals surface area contributed by atoms with E-state index in [4.69, 9.17) is 4.42 Å². The van der Waals surface area contributed by atoms with Crippen LogP contribution in [-0.2, 0) is 6.54 Å². The van der Waals surface area contributed by atoms with Gasteiger partial charge >= 0.3 is 0 Å². The van der Waals surface area contributed by atoms with Crippen LogP contribution in [0, 0.1) is 6.92 Å². The number of fused-ring (bicyclic) bond motifs is 1. The molecule has 0 bridgehead atoms. The molecule has 0 unspecified atom stereocenters. The lowest BCUT2D eigenvalue weighted by atomic mass is 10.1. The summed E-state index contributed by atoms with van der Waals surface area (Å²) in [6.45, 7) is 2.57. The molecule has 5 rings (SSSR count). The van der Waals surface area contributed by atoms with Gasteiger partial charge in [-0.15, -0.1) is 10.2 Å². The molecule has 7 heteroatoms. The highest BCUT2D eigenvalue weighted by molar-refractivity contribution is 5.90. The second-order valence-corrected chi connectivity index (χ2v) is 6.87. The van der Waals surface area contributed by atoms with Crippen LogP contribution in [0.25, 0.3) is 34.1 Å². The zero-order valence-electron chi connectivity index (χ0n) is 16.3. The van der Waals surface area contributed by atoms with E-state index in [2.05, 4.69) is 30.5 Å². The first kappa shape index (κ1) is 17.9. The van der Waals surface area contributed by atoms with Crippen LogP contribution in [0.2, 0.25) is 0 Å². The first-order valence-corrected chi connectivity index (χ1v) is 9.58. The van der Waals surface area contributed by atoms with Gasteiger partial charge in [0.2, 0.25) is 11.7 Å². The Hall–Kier alpha value is -4.13. The normalized spacial score (nSPS) is 11.0. The number of pyridine rings is 1. The van der Waals surface area contributed by atoms with Gasteiger partial charge < -0.3 is 9.73 Å². The third kappa shape index (κ3) is 3.60. The fourth-order valence-corrected chi connectivity index (χ4v) is 3.11.